The fraction of sp³-hybridized carbons (Fsp3) is 0.450. The van der Waals surface area contributed by atoms with Gasteiger partial charge in [0.15, 0.2) is 0 Å². The molecule has 3 aliphatic rings. The Morgan fingerprint density at radius 3 is 2.96 bits per heavy atom. The molecule has 2 aromatic rings. The van der Waals surface area contributed by atoms with Crippen LogP contribution in [0.1, 0.15) is 30.1 Å². The Hall–Kier alpha value is -1.75. The van der Waals surface area contributed by atoms with Gasteiger partial charge in [-0.05, 0) is 60.5 Å². The van der Waals surface area contributed by atoms with Gasteiger partial charge in [0.05, 0.1) is 18.2 Å². The predicted molar refractivity (Wildman–Crippen MR) is 94.4 cm³/mol. The van der Waals surface area contributed by atoms with Gasteiger partial charge in [-0.3, -0.25) is 9.88 Å². The Labute approximate surface area is 142 Å². The summed E-state index contributed by atoms with van der Waals surface area (Å²) in [6.07, 6.45) is 5.53. The van der Waals surface area contributed by atoms with Gasteiger partial charge in [-0.25, -0.2) is 0 Å². The van der Waals surface area contributed by atoms with Crippen molar-refractivity contribution in [1.82, 2.24) is 9.88 Å². The van der Waals surface area contributed by atoms with E-state index in [1.165, 1.54) is 6.42 Å². The van der Waals surface area contributed by atoms with E-state index in [0.717, 1.165) is 41.5 Å². The summed E-state index contributed by atoms with van der Waals surface area (Å²) in [4.78, 5) is 6.81. The molecule has 3 aliphatic heterocycles. The molecule has 0 spiro atoms. The molecule has 0 aliphatic carbocycles. The highest BCUT2D eigenvalue weighted by molar-refractivity contribution is 5.83. The van der Waals surface area contributed by atoms with Crippen LogP contribution in [0.4, 0.5) is 0 Å². The number of aliphatic hydroxyl groups is 2. The number of hydrogen-bond acceptors (Lipinski definition) is 4. The topological polar surface area (TPSA) is 56.6 Å². The van der Waals surface area contributed by atoms with E-state index in [4.69, 9.17) is 0 Å². The Morgan fingerprint density at radius 1 is 1.38 bits per heavy atom. The van der Waals surface area contributed by atoms with Crippen molar-refractivity contribution in [2.45, 2.75) is 31.6 Å². The molecule has 126 valence electrons. The Morgan fingerprint density at radius 2 is 2.25 bits per heavy atom. The zero-order chi connectivity index (χ0) is 16.7. The quantitative estimate of drug-likeness (QED) is 0.849. The minimum absolute atomic E-state index is 0.000980. The number of hydrogen-bond donors (Lipinski definition) is 2. The minimum Gasteiger partial charge on any atom is -0.392 e. The molecular formula is C20H24N2O2. The number of aliphatic hydroxyl groups excluding tert-OH is 2. The third-order valence-electron chi connectivity index (χ3n) is 5.86. The Kier molecular flexibility index (Phi) is 4.12. The van der Waals surface area contributed by atoms with E-state index in [9.17, 15) is 10.2 Å². The highest BCUT2D eigenvalue weighted by Crippen LogP contribution is 2.42. The van der Waals surface area contributed by atoms with Gasteiger partial charge in [-0.15, -0.1) is 6.58 Å². The molecule has 5 unspecified atom stereocenters. The fourth-order valence-corrected chi connectivity index (χ4v) is 4.48. The van der Waals surface area contributed by atoms with Crippen molar-refractivity contribution in [2.24, 2.45) is 11.8 Å². The molecule has 4 heteroatoms. The Bertz CT molecular complexity index is 760. The summed E-state index contributed by atoms with van der Waals surface area (Å²) in [5.74, 6) is 1.19. The SMILES string of the molecule is C=CC1CN2CCC1CC2C(O)c1ccnc2ccc(CO)cc12. The highest BCUT2D eigenvalue weighted by atomic mass is 16.3. The number of pyridine rings is 1. The van der Waals surface area contributed by atoms with Crippen molar-refractivity contribution < 1.29 is 10.2 Å². The maximum absolute atomic E-state index is 11.1. The fourth-order valence-electron chi connectivity index (χ4n) is 4.48. The van der Waals surface area contributed by atoms with Crippen LogP contribution in [0.15, 0.2) is 43.1 Å². The second-order valence-electron chi connectivity index (χ2n) is 7.10. The number of rotatable bonds is 4. The Balaban J connectivity index is 1.69. The van der Waals surface area contributed by atoms with Gasteiger partial charge in [0, 0.05) is 24.2 Å². The third-order valence-corrected chi connectivity index (χ3v) is 5.86. The van der Waals surface area contributed by atoms with Crippen molar-refractivity contribution in [3.05, 3.63) is 54.2 Å². The van der Waals surface area contributed by atoms with Gasteiger partial charge in [-0.1, -0.05) is 12.1 Å². The van der Waals surface area contributed by atoms with Crippen LogP contribution in [0.5, 0.6) is 0 Å². The molecule has 1 aromatic carbocycles. The van der Waals surface area contributed by atoms with Crippen LogP contribution in [-0.4, -0.2) is 39.2 Å². The van der Waals surface area contributed by atoms with Crippen molar-refractivity contribution >= 4 is 10.9 Å². The maximum atomic E-state index is 11.1. The molecule has 2 N–H and O–H groups in total. The number of fused-ring (bicyclic) bond motifs is 4. The summed E-state index contributed by atoms with van der Waals surface area (Å²) in [6.45, 7) is 6.03. The van der Waals surface area contributed by atoms with E-state index in [1.54, 1.807) is 6.20 Å². The molecule has 3 fully saturated rings. The van der Waals surface area contributed by atoms with Crippen LogP contribution in [-0.2, 0) is 6.61 Å². The summed E-state index contributed by atoms with van der Waals surface area (Å²) in [6, 6.07) is 7.82. The maximum Gasteiger partial charge on any atom is 0.0952 e. The summed E-state index contributed by atoms with van der Waals surface area (Å²) in [5.41, 5.74) is 2.63. The molecule has 0 radical (unpaired) electrons. The second kappa shape index (κ2) is 6.28. The van der Waals surface area contributed by atoms with E-state index >= 15 is 0 Å². The summed E-state index contributed by atoms with van der Waals surface area (Å²) in [5, 5.41) is 21.5. The largest absolute Gasteiger partial charge is 0.392 e. The molecule has 4 nitrogen and oxygen atoms in total. The third kappa shape index (κ3) is 2.55. The lowest BCUT2D eigenvalue weighted by Gasteiger charge is -2.50. The van der Waals surface area contributed by atoms with Gasteiger partial charge >= 0.3 is 0 Å². The van der Waals surface area contributed by atoms with E-state index in [2.05, 4.69) is 22.5 Å². The molecule has 0 amide bonds. The van der Waals surface area contributed by atoms with Gasteiger partial charge in [0.25, 0.3) is 0 Å². The standard InChI is InChI=1S/C20H24N2O2/c1-2-14-11-22-8-6-15(14)10-19(22)20(24)16-5-7-21-18-4-3-13(12-23)9-17(16)18/h2-5,7,9,14-15,19-20,23-24H,1,6,8,10-12H2. The zero-order valence-corrected chi connectivity index (χ0v) is 13.8. The average Bonchev–Trinajstić information content (AvgIpc) is 2.66. The van der Waals surface area contributed by atoms with E-state index in [-0.39, 0.29) is 12.6 Å². The van der Waals surface area contributed by atoms with Crippen LogP contribution in [0, 0.1) is 11.8 Å². The van der Waals surface area contributed by atoms with E-state index in [0.29, 0.717) is 11.8 Å². The molecule has 4 heterocycles. The first-order valence-electron chi connectivity index (χ1n) is 8.74. The zero-order valence-electron chi connectivity index (χ0n) is 13.8. The van der Waals surface area contributed by atoms with Gasteiger partial charge < -0.3 is 10.2 Å². The predicted octanol–water partition coefficient (Wildman–Crippen LogP) is 2.66. The highest BCUT2D eigenvalue weighted by Gasteiger charge is 2.42. The average molecular weight is 324 g/mol. The van der Waals surface area contributed by atoms with Crippen LogP contribution in [0.2, 0.25) is 0 Å². The molecule has 5 atom stereocenters. The molecule has 2 bridgehead atoms. The lowest BCUT2D eigenvalue weighted by atomic mass is 9.73. The summed E-state index contributed by atoms with van der Waals surface area (Å²) in [7, 11) is 0. The lowest BCUT2D eigenvalue weighted by molar-refractivity contribution is -0.0444. The van der Waals surface area contributed by atoms with Gasteiger partial charge in [0.2, 0.25) is 0 Å². The van der Waals surface area contributed by atoms with E-state index < -0.39 is 6.10 Å². The van der Waals surface area contributed by atoms with Gasteiger partial charge in [0.1, 0.15) is 0 Å². The first-order chi connectivity index (χ1) is 11.7. The van der Waals surface area contributed by atoms with Gasteiger partial charge in [-0.2, -0.15) is 0 Å². The molecule has 24 heavy (non-hydrogen) atoms. The van der Waals surface area contributed by atoms with E-state index in [1.807, 2.05) is 24.3 Å². The second-order valence-corrected chi connectivity index (χ2v) is 7.10. The lowest BCUT2D eigenvalue weighted by Crippen LogP contribution is -2.54. The van der Waals surface area contributed by atoms with Crippen LogP contribution in [0.25, 0.3) is 10.9 Å². The van der Waals surface area contributed by atoms with Crippen molar-refractivity contribution in [2.75, 3.05) is 13.1 Å². The molecule has 5 rings (SSSR count). The monoisotopic (exact) mass is 324 g/mol. The number of aromatic nitrogens is 1. The van der Waals surface area contributed by atoms with Crippen LogP contribution in [0.3, 0.4) is 0 Å². The summed E-state index contributed by atoms with van der Waals surface area (Å²) >= 11 is 0. The molecule has 1 aromatic heterocycles. The van der Waals surface area contributed by atoms with Crippen LogP contribution < -0.4 is 0 Å². The van der Waals surface area contributed by atoms with Crippen molar-refractivity contribution in [3.63, 3.8) is 0 Å². The smallest absolute Gasteiger partial charge is 0.0952 e. The van der Waals surface area contributed by atoms with Crippen molar-refractivity contribution in [3.8, 4) is 0 Å². The number of piperidine rings is 3. The molecular weight excluding hydrogens is 300 g/mol. The number of benzene rings is 1. The molecule has 0 saturated carbocycles. The normalized spacial score (nSPS) is 30.4. The summed E-state index contributed by atoms with van der Waals surface area (Å²) < 4.78 is 0. The first-order valence-corrected chi connectivity index (χ1v) is 8.74. The minimum atomic E-state index is -0.530. The number of nitrogens with zero attached hydrogens (tertiary/aromatic N) is 2. The van der Waals surface area contributed by atoms with Crippen LogP contribution >= 0.6 is 0 Å². The molecule has 3 saturated heterocycles. The first kappa shape index (κ1) is 15.8. The van der Waals surface area contributed by atoms with Crippen molar-refractivity contribution in [1.29, 1.82) is 0 Å².